The number of nitrogens with zero attached hydrogens (tertiary/aromatic N) is 2. The van der Waals surface area contributed by atoms with Gasteiger partial charge in [0, 0.05) is 39.3 Å². The number of amides is 2. The van der Waals surface area contributed by atoms with Gasteiger partial charge in [0.25, 0.3) is 0 Å². The molecule has 0 bridgehead atoms. The van der Waals surface area contributed by atoms with Crippen LogP contribution in [0, 0.1) is 5.41 Å². The van der Waals surface area contributed by atoms with Crippen molar-refractivity contribution in [3.8, 4) is 11.5 Å². The van der Waals surface area contributed by atoms with Crippen molar-refractivity contribution in [3.63, 3.8) is 0 Å². The van der Waals surface area contributed by atoms with Crippen LogP contribution in [0.4, 0.5) is 0 Å². The smallest absolute Gasteiger partial charge is 0.238 e. The highest BCUT2D eigenvalue weighted by atomic mass is 16.7. The number of rotatable bonds is 6. The Morgan fingerprint density at radius 3 is 2.56 bits per heavy atom. The average Bonchev–Trinajstić information content (AvgIpc) is 3.38. The first kappa shape index (κ1) is 18.1. The lowest BCUT2D eigenvalue weighted by atomic mass is 10.0. The summed E-state index contributed by atoms with van der Waals surface area (Å²) in [4.78, 5) is 29.5. The SMILES string of the molecule is CCCNC(=O)C1(C(=O)N2CCN(Cc3ccc4c(c3)OCO4)CC2)CC1. The van der Waals surface area contributed by atoms with E-state index in [-0.39, 0.29) is 18.6 Å². The van der Waals surface area contributed by atoms with Crippen LogP contribution in [-0.2, 0) is 16.1 Å². The van der Waals surface area contributed by atoms with Gasteiger partial charge in [0.15, 0.2) is 11.5 Å². The van der Waals surface area contributed by atoms with E-state index in [1.54, 1.807) is 0 Å². The molecule has 1 saturated heterocycles. The molecular weight excluding hydrogens is 346 g/mol. The standard InChI is InChI=1S/C20H27N3O4/c1-2-7-21-18(24)20(5-6-20)19(25)23-10-8-22(9-11-23)13-15-3-4-16-17(12-15)27-14-26-16/h3-4,12H,2,5-11,13-14H2,1H3,(H,21,24). The van der Waals surface area contributed by atoms with Crippen molar-refractivity contribution in [2.24, 2.45) is 5.41 Å². The van der Waals surface area contributed by atoms with Crippen LogP contribution < -0.4 is 14.8 Å². The Hall–Kier alpha value is -2.28. The second kappa shape index (κ2) is 7.38. The number of piperazine rings is 1. The van der Waals surface area contributed by atoms with Crippen molar-refractivity contribution in [3.05, 3.63) is 23.8 Å². The van der Waals surface area contributed by atoms with Gasteiger partial charge in [-0.15, -0.1) is 0 Å². The zero-order chi connectivity index (χ0) is 18.9. The fraction of sp³-hybridized carbons (Fsp3) is 0.600. The summed E-state index contributed by atoms with van der Waals surface area (Å²) in [6.07, 6.45) is 2.24. The summed E-state index contributed by atoms with van der Waals surface area (Å²) in [7, 11) is 0. The molecule has 2 amide bonds. The van der Waals surface area contributed by atoms with Gasteiger partial charge in [-0.2, -0.15) is 0 Å². The molecule has 146 valence electrons. The van der Waals surface area contributed by atoms with Crippen LogP contribution >= 0.6 is 0 Å². The summed E-state index contributed by atoms with van der Waals surface area (Å²) >= 11 is 0. The normalized spacial score (nSPS) is 20.4. The number of hydrogen-bond donors (Lipinski definition) is 1. The van der Waals surface area contributed by atoms with Crippen LogP contribution in [0.2, 0.25) is 0 Å². The zero-order valence-corrected chi connectivity index (χ0v) is 15.8. The van der Waals surface area contributed by atoms with Crippen LogP contribution in [0.3, 0.4) is 0 Å². The molecule has 0 radical (unpaired) electrons. The minimum Gasteiger partial charge on any atom is -0.454 e. The average molecular weight is 373 g/mol. The fourth-order valence-electron chi connectivity index (χ4n) is 3.78. The van der Waals surface area contributed by atoms with Gasteiger partial charge in [0.05, 0.1) is 0 Å². The maximum atomic E-state index is 12.9. The van der Waals surface area contributed by atoms with E-state index >= 15 is 0 Å². The quantitative estimate of drug-likeness (QED) is 0.763. The summed E-state index contributed by atoms with van der Waals surface area (Å²) in [5.74, 6) is 1.52. The van der Waals surface area contributed by atoms with Crippen LogP contribution in [-0.4, -0.2) is 61.1 Å². The third-order valence-electron chi connectivity index (χ3n) is 5.63. The second-order valence-corrected chi connectivity index (χ2v) is 7.59. The maximum Gasteiger partial charge on any atom is 0.238 e. The maximum absolute atomic E-state index is 12.9. The topological polar surface area (TPSA) is 71.1 Å². The molecule has 2 fully saturated rings. The third-order valence-corrected chi connectivity index (χ3v) is 5.63. The van der Waals surface area contributed by atoms with Gasteiger partial charge in [-0.25, -0.2) is 0 Å². The Morgan fingerprint density at radius 2 is 1.85 bits per heavy atom. The van der Waals surface area contributed by atoms with Crippen molar-refractivity contribution < 1.29 is 19.1 Å². The van der Waals surface area contributed by atoms with Gasteiger partial charge >= 0.3 is 0 Å². The van der Waals surface area contributed by atoms with Gasteiger partial charge < -0.3 is 19.7 Å². The third kappa shape index (κ3) is 3.60. The molecule has 7 nitrogen and oxygen atoms in total. The van der Waals surface area contributed by atoms with E-state index in [9.17, 15) is 9.59 Å². The van der Waals surface area contributed by atoms with Gasteiger partial charge in [-0.05, 0) is 37.0 Å². The second-order valence-electron chi connectivity index (χ2n) is 7.59. The summed E-state index contributed by atoms with van der Waals surface area (Å²) in [6, 6.07) is 6.03. The summed E-state index contributed by atoms with van der Waals surface area (Å²) < 4.78 is 10.8. The Bertz CT molecular complexity index is 724. The van der Waals surface area contributed by atoms with E-state index in [0.29, 0.717) is 32.5 Å². The first-order chi connectivity index (χ1) is 13.1. The number of carbonyl (C=O) groups excluding carboxylic acids is 2. The molecule has 0 aromatic heterocycles. The lowest BCUT2D eigenvalue weighted by molar-refractivity contribution is -0.145. The highest BCUT2D eigenvalue weighted by Gasteiger charge is 2.57. The van der Waals surface area contributed by atoms with Gasteiger partial charge in [0.2, 0.25) is 18.6 Å². The van der Waals surface area contributed by atoms with E-state index in [1.807, 2.05) is 24.0 Å². The lowest BCUT2D eigenvalue weighted by Gasteiger charge is -2.36. The van der Waals surface area contributed by atoms with Gasteiger partial charge in [-0.3, -0.25) is 14.5 Å². The Kier molecular flexibility index (Phi) is 4.95. The molecule has 0 atom stereocenters. The molecule has 2 aliphatic heterocycles. The van der Waals surface area contributed by atoms with E-state index in [4.69, 9.17) is 9.47 Å². The van der Waals surface area contributed by atoms with E-state index in [2.05, 4.69) is 16.3 Å². The highest BCUT2D eigenvalue weighted by Crippen LogP contribution is 2.47. The molecule has 4 rings (SSSR count). The van der Waals surface area contributed by atoms with Gasteiger partial charge in [0.1, 0.15) is 5.41 Å². The van der Waals surface area contributed by atoms with Crippen LogP contribution in [0.25, 0.3) is 0 Å². The van der Waals surface area contributed by atoms with Crippen LogP contribution in [0.15, 0.2) is 18.2 Å². The minimum absolute atomic E-state index is 0.0128. The zero-order valence-electron chi connectivity index (χ0n) is 15.8. The molecule has 0 spiro atoms. The first-order valence-corrected chi connectivity index (χ1v) is 9.81. The van der Waals surface area contributed by atoms with Crippen LogP contribution in [0.5, 0.6) is 11.5 Å². The number of ether oxygens (including phenoxy) is 2. The molecule has 27 heavy (non-hydrogen) atoms. The number of fused-ring (bicyclic) bond motifs is 1. The first-order valence-electron chi connectivity index (χ1n) is 9.81. The number of nitrogens with one attached hydrogen (secondary N) is 1. The molecule has 7 heteroatoms. The van der Waals surface area contributed by atoms with Crippen LogP contribution in [0.1, 0.15) is 31.7 Å². The van der Waals surface area contributed by atoms with E-state index < -0.39 is 5.41 Å². The summed E-state index contributed by atoms with van der Waals surface area (Å²) in [5, 5.41) is 2.90. The molecule has 3 aliphatic rings. The molecule has 0 unspecified atom stereocenters. The highest BCUT2D eigenvalue weighted by molar-refractivity contribution is 6.07. The molecule has 1 N–H and O–H groups in total. The van der Waals surface area contributed by atoms with E-state index in [1.165, 1.54) is 5.56 Å². The van der Waals surface area contributed by atoms with Crippen molar-refractivity contribution in [1.29, 1.82) is 0 Å². The monoisotopic (exact) mass is 373 g/mol. The number of carbonyl (C=O) groups is 2. The minimum atomic E-state index is -0.783. The molecule has 1 aromatic carbocycles. The Morgan fingerprint density at radius 1 is 1.11 bits per heavy atom. The molecule has 1 aromatic rings. The fourth-order valence-corrected chi connectivity index (χ4v) is 3.78. The van der Waals surface area contributed by atoms with Gasteiger partial charge in [-0.1, -0.05) is 13.0 Å². The van der Waals surface area contributed by atoms with Crippen molar-refractivity contribution in [2.75, 3.05) is 39.5 Å². The predicted octanol–water partition coefficient (Wildman–Crippen LogP) is 1.37. The summed E-state index contributed by atoms with van der Waals surface area (Å²) in [5.41, 5.74) is 0.394. The Balaban J connectivity index is 1.30. The van der Waals surface area contributed by atoms with E-state index in [0.717, 1.165) is 37.6 Å². The van der Waals surface area contributed by atoms with Crippen molar-refractivity contribution in [1.82, 2.24) is 15.1 Å². The summed E-state index contributed by atoms with van der Waals surface area (Å²) in [6.45, 7) is 6.73. The molecule has 2 heterocycles. The molecular formula is C20H27N3O4. The number of benzene rings is 1. The molecule has 1 aliphatic carbocycles. The predicted molar refractivity (Wildman–Crippen MR) is 99.4 cm³/mol. The van der Waals surface area contributed by atoms with Crippen molar-refractivity contribution in [2.45, 2.75) is 32.7 Å². The van der Waals surface area contributed by atoms with Crippen molar-refractivity contribution >= 4 is 11.8 Å². The molecule has 1 saturated carbocycles. The largest absolute Gasteiger partial charge is 0.454 e. The number of hydrogen-bond acceptors (Lipinski definition) is 5. The Labute approximate surface area is 159 Å². The lowest BCUT2D eigenvalue weighted by Crippen LogP contribution is -2.53.